The molecule has 0 saturated carbocycles. The van der Waals surface area contributed by atoms with Crippen LogP contribution in [0.1, 0.15) is 12.7 Å². The predicted octanol–water partition coefficient (Wildman–Crippen LogP) is 4.02. The molecule has 1 aromatic heterocycles. The van der Waals surface area contributed by atoms with Crippen LogP contribution >= 0.6 is 39.1 Å². The van der Waals surface area contributed by atoms with E-state index in [2.05, 4.69) is 20.9 Å². The second-order valence-electron chi connectivity index (χ2n) is 3.84. The molecule has 0 atom stereocenters. The zero-order valence-electron chi connectivity index (χ0n) is 10.3. The first-order valence-corrected chi connectivity index (χ1v) is 7.17. The lowest BCUT2D eigenvalue weighted by Crippen LogP contribution is -2.24. The molecular formula is C12H10BrCl2N3O2. The highest BCUT2D eigenvalue weighted by Gasteiger charge is 2.14. The van der Waals surface area contributed by atoms with E-state index in [0.29, 0.717) is 32.8 Å². The van der Waals surface area contributed by atoms with Gasteiger partial charge in [-0.25, -0.2) is 0 Å². The molecule has 0 bridgehead atoms. The highest BCUT2D eigenvalue weighted by atomic mass is 79.9. The number of benzene rings is 1. The van der Waals surface area contributed by atoms with Gasteiger partial charge in [-0.2, -0.15) is 9.71 Å². The van der Waals surface area contributed by atoms with E-state index in [-0.39, 0.29) is 15.8 Å². The summed E-state index contributed by atoms with van der Waals surface area (Å²) in [5.41, 5.74) is -0.156. The molecule has 106 valence electrons. The van der Waals surface area contributed by atoms with E-state index >= 15 is 0 Å². The van der Waals surface area contributed by atoms with Gasteiger partial charge in [0.2, 0.25) is 5.88 Å². The molecule has 2 aromatic rings. The lowest BCUT2D eigenvalue weighted by Gasteiger charge is -2.12. The van der Waals surface area contributed by atoms with Gasteiger partial charge in [0, 0.05) is 11.4 Å². The maximum absolute atomic E-state index is 9.70. The zero-order chi connectivity index (χ0) is 14.9. The third-order valence-electron chi connectivity index (χ3n) is 2.50. The van der Waals surface area contributed by atoms with Crippen molar-refractivity contribution in [3.63, 3.8) is 0 Å². The third kappa shape index (κ3) is 2.92. The van der Waals surface area contributed by atoms with Gasteiger partial charge in [-0.05, 0) is 34.1 Å². The topological polar surface area (TPSA) is 71.1 Å². The summed E-state index contributed by atoms with van der Waals surface area (Å²) in [6.45, 7) is 1.81. The molecule has 20 heavy (non-hydrogen) atoms. The minimum Gasteiger partial charge on any atom is -0.436 e. The van der Waals surface area contributed by atoms with Crippen molar-refractivity contribution >= 4 is 39.1 Å². The third-order valence-corrected chi connectivity index (χ3v) is 3.74. The smallest absolute Gasteiger partial charge is 0.239 e. The van der Waals surface area contributed by atoms with Gasteiger partial charge in [0.25, 0.3) is 0 Å². The molecular weight excluding hydrogens is 369 g/mol. The van der Waals surface area contributed by atoms with Gasteiger partial charge < -0.3 is 9.94 Å². The molecule has 0 fully saturated rings. The Balaban J connectivity index is 2.48. The largest absolute Gasteiger partial charge is 0.436 e. The SMILES string of the molecule is CCc1nc(Oc2ccc(Cl)cc2Cl)c(Br)c(=N)n1O. The van der Waals surface area contributed by atoms with E-state index in [0.717, 1.165) is 0 Å². The van der Waals surface area contributed by atoms with E-state index in [1.807, 2.05) is 0 Å². The van der Waals surface area contributed by atoms with Crippen LogP contribution in [0.3, 0.4) is 0 Å². The highest BCUT2D eigenvalue weighted by molar-refractivity contribution is 9.10. The normalized spacial score (nSPS) is 10.6. The lowest BCUT2D eigenvalue weighted by molar-refractivity contribution is 0.153. The summed E-state index contributed by atoms with van der Waals surface area (Å²) < 4.78 is 6.50. The molecule has 0 aliphatic rings. The van der Waals surface area contributed by atoms with Gasteiger partial charge >= 0.3 is 0 Å². The minimum absolute atomic E-state index is 0.154. The standard InChI is InChI=1S/C12H10BrCl2N3O2/c1-2-9-17-12(10(13)11(16)18(9)19)20-8-4-3-6(14)5-7(8)15/h3-5,16,19H,2H2,1H3. The Hall–Kier alpha value is -1.24. The van der Waals surface area contributed by atoms with Gasteiger partial charge in [0.1, 0.15) is 10.2 Å². The summed E-state index contributed by atoms with van der Waals surface area (Å²) in [6.07, 6.45) is 0.445. The molecule has 5 nitrogen and oxygen atoms in total. The molecule has 0 saturated heterocycles. The predicted molar refractivity (Wildman–Crippen MR) is 78.9 cm³/mol. The number of aromatic nitrogens is 2. The first-order valence-electron chi connectivity index (χ1n) is 5.62. The average Bonchev–Trinajstić information content (AvgIpc) is 2.42. The Morgan fingerprint density at radius 1 is 1.45 bits per heavy atom. The summed E-state index contributed by atoms with van der Waals surface area (Å²) in [6, 6.07) is 4.78. The van der Waals surface area contributed by atoms with Crippen LogP contribution in [0.4, 0.5) is 0 Å². The number of hydrogen-bond acceptors (Lipinski definition) is 4. The maximum Gasteiger partial charge on any atom is 0.239 e. The first-order chi connectivity index (χ1) is 9.43. The summed E-state index contributed by atoms with van der Waals surface area (Å²) in [5.74, 6) is 0.820. The Kier molecular flexibility index (Phi) is 4.57. The maximum atomic E-state index is 9.70. The van der Waals surface area contributed by atoms with Crippen LogP contribution < -0.4 is 10.2 Å². The van der Waals surface area contributed by atoms with Crippen LogP contribution in [0.15, 0.2) is 22.7 Å². The second-order valence-corrected chi connectivity index (χ2v) is 5.47. The Morgan fingerprint density at radius 3 is 2.75 bits per heavy atom. The Morgan fingerprint density at radius 2 is 2.15 bits per heavy atom. The van der Waals surface area contributed by atoms with Crippen LogP contribution in [0, 0.1) is 5.41 Å². The molecule has 2 N–H and O–H groups in total. The van der Waals surface area contributed by atoms with Crippen molar-refractivity contribution < 1.29 is 9.94 Å². The molecule has 0 spiro atoms. The number of hydrogen-bond donors (Lipinski definition) is 2. The molecule has 1 aromatic carbocycles. The average molecular weight is 379 g/mol. The van der Waals surface area contributed by atoms with Crippen molar-refractivity contribution in [2.75, 3.05) is 0 Å². The van der Waals surface area contributed by atoms with Crippen molar-refractivity contribution in [2.24, 2.45) is 0 Å². The summed E-state index contributed by atoms with van der Waals surface area (Å²) >= 11 is 15.0. The van der Waals surface area contributed by atoms with Crippen molar-refractivity contribution in [2.45, 2.75) is 13.3 Å². The second kappa shape index (κ2) is 6.03. The minimum atomic E-state index is -0.156. The van der Waals surface area contributed by atoms with Gasteiger partial charge in [0.15, 0.2) is 11.3 Å². The monoisotopic (exact) mass is 377 g/mol. The van der Waals surface area contributed by atoms with E-state index in [1.165, 1.54) is 0 Å². The van der Waals surface area contributed by atoms with Crippen LogP contribution in [-0.2, 0) is 6.42 Å². The first kappa shape index (κ1) is 15.2. The van der Waals surface area contributed by atoms with Gasteiger partial charge in [-0.1, -0.05) is 30.1 Å². The summed E-state index contributed by atoms with van der Waals surface area (Å²) in [7, 11) is 0. The zero-order valence-corrected chi connectivity index (χ0v) is 13.4. The molecule has 0 radical (unpaired) electrons. The number of ether oxygens (including phenoxy) is 1. The van der Waals surface area contributed by atoms with Crippen molar-refractivity contribution in [1.29, 1.82) is 5.41 Å². The van der Waals surface area contributed by atoms with Gasteiger partial charge in [-0.3, -0.25) is 5.41 Å². The van der Waals surface area contributed by atoms with Crippen LogP contribution in [-0.4, -0.2) is 14.9 Å². The summed E-state index contributed by atoms with van der Waals surface area (Å²) in [5, 5.41) is 18.3. The van der Waals surface area contributed by atoms with Crippen molar-refractivity contribution in [1.82, 2.24) is 9.71 Å². The lowest BCUT2D eigenvalue weighted by atomic mass is 10.3. The Labute approximate surface area is 133 Å². The summed E-state index contributed by atoms with van der Waals surface area (Å²) in [4.78, 5) is 4.14. The van der Waals surface area contributed by atoms with Crippen molar-refractivity contribution in [3.05, 3.63) is 44.0 Å². The van der Waals surface area contributed by atoms with Gasteiger partial charge in [0.05, 0.1) is 5.02 Å². The fraction of sp³-hybridized carbons (Fsp3) is 0.167. The number of nitrogens with zero attached hydrogens (tertiary/aromatic N) is 2. The quantitative estimate of drug-likeness (QED) is 0.792. The molecule has 2 rings (SSSR count). The Bertz CT molecular complexity index is 719. The number of halogens is 3. The number of rotatable bonds is 3. The van der Waals surface area contributed by atoms with Gasteiger partial charge in [-0.15, -0.1) is 0 Å². The number of nitrogens with one attached hydrogen (secondary N) is 1. The van der Waals surface area contributed by atoms with Crippen LogP contribution in [0.25, 0.3) is 0 Å². The highest BCUT2D eigenvalue weighted by Crippen LogP contribution is 2.32. The van der Waals surface area contributed by atoms with E-state index in [1.54, 1.807) is 25.1 Å². The molecule has 1 heterocycles. The van der Waals surface area contributed by atoms with E-state index in [9.17, 15) is 5.21 Å². The molecule has 0 unspecified atom stereocenters. The van der Waals surface area contributed by atoms with Crippen molar-refractivity contribution in [3.8, 4) is 11.6 Å². The fourth-order valence-electron chi connectivity index (χ4n) is 1.50. The van der Waals surface area contributed by atoms with Crippen LogP contribution in [0.5, 0.6) is 11.6 Å². The van der Waals surface area contributed by atoms with E-state index in [4.69, 9.17) is 33.3 Å². The molecule has 8 heteroatoms. The molecule has 0 aliphatic heterocycles. The van der Waals surface area contributed by atoms with E-state index < -0.39 is 0 Å². The fourth-order valence-corrected chi connectivity index (χ4v) is 2.28. The molecule has 0 aliphatic carbocycles. The number of aryl methyl sites for hydroxylation is 1. The molecule has 0 amide bonds. The van der Waals surface area contributed by atoms with Crippen LogP contribution in [0.2, 0.25) is 10.0 Å².